The van der Waals surface area contributed by atoms with Crippen LogP contribution in [0.2, 0.25) is 0 Å². The molecule has 11 heteroatoms. The highest BCUT2D eigenvalue weighted by Gasteiger charge is 2.24. The average molecular weight is 309 g/mol. The quantitative estimate of drug-likeness (QED) is 0.475. The highest BCUT2D eigenvalue weighted by molar-refractivity contribution is 7.87. The predicted octanol–water partition coefficient (Wildman–Crippen LogP) is 0.740. The van der Waals surface area contributed by atoms with E-state index >= 15 is 0 Å². The van der Waals surface area contributed by atoms with E-state index < -0.39 is 35.7 Å². The van der Waals surface area contributed by atoms with Crippen molar-refractivity contribution >= 4 is 25.9 Å². The molecule has 0 amide bonds. The minimum Gasteiger partial charge on any atom is -0.285 e. The van der Waals surface area contributed by atoms with Crippen LogP contribution in [0.1, 0.15) is 0 Å². The van der Waals surface area contributed by atoms with E-state index in [9.17, 15) is 16.8 Å². The van der Waals surface area contributed by atoms with Gasteiger partial charge in [0.1, 0.15) is 15.5 Å². The number of nitrogens with zero attached hydrogens (tertiary/aromatic N) is 3. The van der Waals surface area contributed by atoms with E-state index in [4.69, 9.17) is 9.11 Å². The third-order valence-electron chi connectivity index (χ3n) is 1.84. The van der Waals surface area contributed by atoms with Gasteiger partial charge in [-0.15, -0.1) is 5.11 Å². The molecule has 1 aromatic carbocycles. The fraction of sp³-hybridized carbons (Fsp3) is 0.250. The highest BCUT2D eigenvalue weighted by Crippen LogP contribution is 2.32. The first-order valence-corrected chi connectivity index (χ1v) is 7.58. The Morgan fingerprint density at radius 1 is 1.00 bits per heavy atom. The third-order valence-corrected chi connectivity index (χ3v) is 3.61. The van der Waals surface area contributed by atoms with Crippen LogP contribution in [0.25, 0.3) is 0 Å². The Morgan fingerprint density at radius 3 is 1.74 bits per heavy atom. The van der Waals surface area contributed by atoms with Crippen molar-refractivity contribution in [2.24, 2.45) is 10.3 Å². The van der Waals surface area contributed by atoms with Crippen LogP contribution in [0.15, 0.2) is 38.3 Å². The van der Waals surface area contributed by atoms with Crippen LogP contribution in [0.4, 0.5) is 5.69 Å². The average Bonchev–Trinajstić information content (AvgIpc) is 2.23. The van der Waals surface area contributed by atoms with E-state index in [0.29, 0.717) is 0 Å². The second-order valence-electron chi connectivity index (χ2n) is 3.59. The van der Waals surface area contributed by atoms with Gasteiger partial charge < -0.3 is 0 Å². The van der Waals surface area contributed by atoms with Crippen molar-refractivity contribution in [1.82, 2.24) is 5.01 Å². The zero-order valence-electron chi connectivity index (χ0n) is 9.92. The Balaban J connectivity index is 3.70. The molecule has 0 radical (unpaired) electrons. The molecule has 0 unspecified atom stereocenters. The Bertz CT molecular complexity index is 658. The maximum absolute atomic E-state index is 11.1. The van der Waals surface area contributed by atoms with Crippen molar-refractivity contribution < 1.29 is 25.9 Å². The molecule has 0 aliphatic heterocycles. The van der Waals surface area contributed by atoms with Gasteiger partial charge >= 0.3 is 0 Å². The summed E-state index contributed by atoms with van der Waals surface area (Å²) in [6, 6.07) is 2.92. The first-order chi connectivity index (χ1) is 8.53. The fourth-order valence-electron chi connectivity index (χ4n) is 1.15. The van der Waals surface area contributed by atoms with E-state index in [2.05, 4.69) is 10.3 Å². The molecule has 0 heterocycles. The van der Waals surface area contributed by atoms with E-state index in [1.165, 1.54) is 19.1 Å². The summed E-state index contributed by atoms with van der Waals surface area (Å²) in [6.45, 7) is 0. The van der Waals surface area contributed by atoms with Crippen molar-refractivity contribution in [2.75, 3.05) is 14.1 Å². The Labute approximate surface area is 110 Å². The van der Waals surface area contributed by atoms with Crippen molar-refractivity contribution in [3.8, 4) is 0 Å². The van der Waals surface area contributed by atoms with Gasteiger partial charge in [0, 0.05) is 14.1 Å². The zero-order chi connectivity index (χ0) is 14.8. The summed E-state index contributed by atoms with van der Waals surface area (Å²) in [6.07, 6.45) is 0. The molecule has 0 fully saturated rings. The lowest BCUT2D eigenvalue weighted by atomic mass is 10.3. The van der Waals surface area contributed by atoms with Crippen molar-refractivity contribution in [3.63, 3.8) is 0 Å². The smallest absolute Gasteiger partial charge is 0.285 e. The zero-order valence-corrected chi connectivity index (χ0v) is 11.6. The van der Waals surface area contributed by atoms with E-state index in [0.717, 1.165) is 18.2 Å². The van der Waals surface area contributed by atoms with Crippen LogP contribution in [-0.2, 0) is 20.2 Å². The Morgan fingerprint density at radius 2 is 1.42 bits per heavy atom. The Kier molecular flexibility index (Phi) is 4.25. The van der Waals surface area contributed by atoms with Crippen molar-refractivity contribution in [3.05, 3.63) is 18.2 Å². The number of rotatable bonds is 4. The van der Waals surface area contributed by atoms with Crippen LogP contribution in [0.3, 0.4) is 0 Å². The SMILES string of the molecule is CN(C)N=Nc1c(S(=O)(=O)O)cccc1S(=O)(=O)O. The summed E-state index contributed by atoms with van der Waals surface area (Å²) in [5, 5.41) is 8.04. The molecular formula is C8H11N3O6S2. The lowest BCUT2D eigenvalue weighted by Gasteiger charge is -2.07. The number of benzene rings is 1. The first kappa shape index (κ1) is 15.5. The number of hydrogen-bond donors (Lipinski definition) is 2. The first-order valence-electron chi connectivity index (χ1n) is 4.70. The van der Waals surface area contributed by atoms with Crippen LogP contribution >= 0.6 is 0 Å². The number of hydrogen-bond acceptors (Lipinski definition) is 6. The molecule has 106 valence electrons. The molecule has 0 atom stereocenters. The molecule has 19 heavy (non-hydrogen) atoms. The second-order valence-corrected chi connectivity index (χ2v) is 6.37. The highest BCUT2D eigenvalue weighted by atomic mass is 32.2. The molecule has 2 N–H and O–H groups in total. The van der Waals surface area contributed by atoms with Crippen LogP contribution in [0, 0.1) is 0 Å². The van der Waals surface area contributed by atoms with Gasteiger partial charge in [-0.2, -0.15) is 16.8 Å². The molecule has 0 saturated carbocycles. The minimum absolute atomic E-state index is 0.666. The van der Waals surface area contributed by atoms with Gasteiger partial charge in [-0.05, 0) is 12.1 Å². The maximum atomic E-state index is 11.1. The van der Waals surface area contributed by atoms with Crippen LogP contribution < -0.4 is 0 Å². The summed E-state index contributed by atoms with van der Waals surface area (Å²) in [5.74, 6) is 0. The molecule has 0 aliphatic rings. The predicted molar refractivity (Wildman–Crippen MR) is 64.3 cm³/mol. The monoisotopic (exact) mass is 309 g/mol. The van der Waals surface area contributed by atoms with E-state index in [-0.39, 0.29) is 0 Å². The fourth-order valence-corrected chi connectivity index (χ4v) is 2.51. The summed E-state index contributed by atoms with van der Waals surface area (Å²) in [4.78, 5) is -1.54. The molecule has 9 nitrogen and oxygen atoms in total. The molecule has 0 saturated heterocycles. The Hall–Kier alpha value is -1.56. The molecule has 0 bridgehead atoms. The largest absolute Gasteiger partial charge is 0.296 e. The van der Waals surface area contributed by atoms with Gasteiger partial charge in [-0.25, -0.2) is 0 Å². The maximum Gasteiger partial charge on any atom is 0.296 e. The normalized spacial score (nSPS) is 12.8. The standard InChI is InChI=1S/C8H11N3O6S2/c1-11(2)10-9-8-6(18(12,13)14)4-3-5-7(8)19(15,16)17/h3-5H,1-2H3,(H,12,13,14)(H,15,16,17). The summed E-state index contributed by atoms with van der Waals surface area (Å²) in [5.41, 5.74) is -0.666. The minimum atomic E-state index is -4.71. The van der Waals surface area contributed by atoms with E-state index in [1.54, 1.807) is 0 Å². The lowest BCUT2D eigenvalue weighted by molar-refractivity contribution is 0.407. The van der Waals surface area contributed by atoms with Gasteiger partial charge in [0.2, 0.25) is 0 Å². The van der Waals surface area contributed by atoms with Crippen LogP contribution in [-0.4, -0.2) is 45.0 Å². The third kappa shape index (κ3) is 3.96. The molecule has 1 rings (SSSR count). The summed E-state index contributed by atoms with van der Waals surface area (Å²) >= 11 is 0. The second kappa shape index (κ2) is 5.21. The van der Waals surface area contributed by atoms with Crippen LogP contribution in [0.5, 0.6) is 0 Å². The molecule has 1 aromatic rings. The van der Waals surface area contributed by atoms with Gasteiger partial charge in [-0.3, -0.25) is 14.1 Å². The van der Waals surface area contributed by atoms with Crippen molar-refractivity contribution in [2.45, 2.75) is 9.79 Å². The van der Waals surface area contributed by atoms with Gasteiger partial charge in [0.05, 0.1) is 0 Å². The summed E-state index contributed by atoms with van der Waals surface area (Å²) < 4.78 is 62.6. The van der Waals surface area contributed by atoms with E-state index in [1.807, 2.05) is 0 Å². The lowest BCUT2D eigenvalue weighted by Crippen LogP contribution is -2.05. The molecule has 0 spiro atoms. The van der Waals surface area contributed by atoms with Gasteiger partial charge in [0.25, 0.3) is 20.2 Å². The topological polar surface area (TPSA) is 137 Å². The van der Waals surface area contributed by atoms with Gasteiger partial charge in [0.15, 0.2) is 0 Å². The molecular weight excluding hydrogens is 298 g/mol. The molecule has 0 aromatic heterocycles. The van der Waals surface area contributed by atoms with Gasteiger partial charge in [-0.1, -0.05) is 11.3 Å². The van der Waals surface area contributed by atoms with Crippen molar-refractivity contribution in [1.29, 1.82) is 0 Å². The molecule has 0 aliphatic carbocycles. The summed E-state index contributed by atoms with van der Waals surface area (Å²) in [7, 11) is -6.49.